The van der Waals surface area contributed by atoms with Gasteiger partial charge in [-0.25, -0.2) is 0 Å². The lowest BCUT2D eigenvalue weighted by Gasteiger charge is -2.04. The van der Waals surface area contributed by atoms with Crippen LogP contribution in [-0.2, 0) is 20.0 Å². The van der Waals surface area contributed by atoms with E-state index < -0.39 is 0 Å². The van der Waals surface area contributed by atoms with Gasteiger partial charge < -0.3 is 5.73 Å². The van der Waals surface area contributed by atoms with E-state index in [9.17, 15) is 0 Å². The fraction of sp³-hybridized carbons (Fsp3) is 0.583. The number of hydrogen-bond donors (Lipinski definition) is 1. The first-order valence-corrected chi connectivity index (χ1v) is 6.33. The molecule has 2 aromatic rings. The molecule has 1 atom stereocenters. The van der Waals surface area contributed by atoms with Gasteiger partial charge in [0.1, 0.15) is 0 Å². The number of nitrogens with zero attached hydrogens (tertiary/aromatic N) is 5. The van der Waals surface area contributed by atoms with Crippen LogP contribution < -0.4 is 5.73 Å². The molecule has 0 saturated carbocycles. The fourth-order valence-electron chi connectivity index (χ4n) is 1.93. The molecule has 0 aliphatic heterocycles. The van der Waals surface area contributed by atoms with Gasteiger partial charge in [-0.1, -0.05) is 18.6 Å². The summed E-state index contributed by atoms with van der Waals surface area (Å²) in [5.41, 5.74) is 8.07. The summed E-state index contributed by atoms with van der Waals surface area (Å²) in [4.78, 5) is 0. The highest BCUT2D eigenvalue weighted by Gasteiger charge is 2.09. The van der Waals surface area contributed by atoms with Crippen molar-refractivity contribution in [2.75, 3.05) is 0 Å². The monoisotopic (exact) mass is 248 g/mol. The lowest BCUT2D eigenvalue weighted by Crippen LogP contribution is -2.10. The van der Waals surface area contributed by atoms with Crippen LogP contribution in [0.3, 0.4) is 0 Å². The van der Waals surface area contributed by atoms with Gasteiger partial charge in [0.2, 0.25) is 0 Å². The second kappa shape index (κ2) is 5.77. The van der Waals surface area contributed by atoms with E-state index in [2.05, 4.69) is 22.3 Å². The quantitative estimate of drug-likeness (QED) is 0.829. The lowest BCUT2D eigenvalue weighted by atomic mass is 10.1. The minimum atomic E-state index is 0.000420. The molecule has 18 heavy (non-hydrogen) atoms. The third-order valence-corrected chi connectivity index (χ3v) is 3.06. The van der Waals surface area contributed by atoms with Crippen molar-refractivity contribution in [1.82, 2.24) is 24.8 Å². The van der Waals surface area contributed by atoms with Gasteiger partial charge in [-0.05, 0) is 12.5 Å². The van der Waals surface area contributed by atoms with Crippen molar-refractivity contribution >= 4 is 0 Å². The number of aryl methyl sites for hydroxylation is 3. The highest BCUT2D eigenvalue weighted by molar-refractivity contribution is 5.02. The van der Waals surface area contributed by atoms with Crippen LogP contribution in [0, 0.1) is 0 Å². The molecule has 0 radical (unpaired) electrons. The van der Waals surface area contributed by atoms with Crippen molar-refractivity contribution in [2.45, 2.75) is 38.8 Å². The average molecular weight is 248 g/mol. The van der Waals surface area contributed by atoms with Crippen LogP contribution in [0.5, 0.6) is 0 Å². The molecule has 0 aliphatic rings. The normalized spacial score (nSPS) is 12.8. The Morgan fingerprint density at radius 3 is 2.94 bits per heavy atom. The summed E-state index contributed by atoms with van der Waals surface area (Å²) >= 11 is 0. The van der Waals surface area contributed by atoms with Crippen molar-refractivity contribution in [2.24, 2.45) is 12.8 Å². The van der Waals surface area contributed by atoms with E-state index >= 15 is 0 Å². The zero-order chi connectivity index (χ0) is 13.0. The van der Waals surface area contributed by atoms with Crippen LogP contribution in [0.15, 0.2) is 18.5 Å². The van der Waals surface area contributed by atoms with Crippen molar-refractivity contribution in [3.05, 3.63) is 29.8 Å². The molecule has 2 N–H and O–H groups in total. The minimum absolute atomic E-state index is 0.000420. The second-order valence-electron chi connectivity index (χ2n) is 4.50. The van der Waals surface area contributed by atoms with Crippen LogP contribution in [0.4, 0.5) is 0 Å². The number of rotatable bonds is 6. The Kier molecular flexibility index (Phi) is 4.09. The molecule has 6 nitrogen and oxygen atoms in total. The van der Waals surface area contributed by atoms with E-state index in [0.717, 1.165) is 31.5 Å². The third kappa shape index (κ3) is 2.95. The maximum atomic E-state index is 6.00. The van der Waals surface area contributed by atoms with E-state index in [-0.39, 0.29) is 6.04 Å². The molecule has 1 unspecified atom stereocenters. The first kappa shape index (κ1) is 12.8. The van der Waals surface area contributed by atoms with E-state index in [0.29, 0.717) is 0 Å². The van der Waals surface area contributed by atoms with E-state index in [1.54, 1.807) is 6.20 Å². The summed E-state index contributed by atoms with van der Waals surface area (Å²) in [7, 11) is 1.94. The topological polar surface area (TPSA) is 74.6 Å². The second-order valence-corrected chi connectivity index (χ2v) is 4.50. The van der Waals surface area contributed by atoms with E-state index in [1.807, 2.05) is 28.7 Å². The lowest BCUT2D eigenvalue weighted by molar-refractivity contribution is 0.567. The smallest absolute Gasteiger partial charge is 0.0994 e. The third-order valence-electron chi connectivity index (χ3n) is 3.06. The van der Waals surface area contributed by atoms with Gasteiger partial charge in [-0.2, -0.15) is 5.10 Å². The van der Waals surface area contributed by atoms with Crippen LogP contribution in [0.1, 0.15) is 37.2 Å². The molecular weight excluding hydrogens is 228 g/mol. The predicted octanol–water partition coefficient (Wildman–Crippen LogP) is 1.05. The largest absolute Gasteiger partial charge is 0.323 e. The van der Waals surface area contributed by atoms with E-state index in [4.69, 9.17) is 5.73 Å². The first-order chi connectivity index (χ1) is 8.70. The molecule has 0 aliphatic carbocycles. The number of nitrogens with two attached hydrogens (primary N) is 1. The van der Waals surface area contributed by atoms with Crippen molar-refractivity contribution in [3.63, 3.8) is 0 Å². The van der Waals surface area contributed by atoms with Gasteiger partial charge in [0, 0.05) is 31.9 Å². The molecule has 6 heteroatoms. The zero-order valence-electron chi connectivity index (χ0n) is 11.0. The SMILES string of the molecule is CCCC(N)c1cn(CCc2ccnn2C)nn1. The maximum absolute atomic E-state index is 6.00. The summed E-state index contributed by atoms with van der Waals surface area (Å²) in [6.45, 7) is 2.91. The van der Waals surface area contributed by atoms with Gasteiger partial charge >= 0.3 is 0 Å². The molecule has 98 valence electrons. The molecule has 2 heterocycles. The summed E-state index contributed by atoms with van der Waals surface area (Å²) < 4.78 is 3.72. The molecular formula is C12H20N6. The number of aromatic nitrogens is 5. The van der Waals surface area contributed by atoms with Crippen LogP contribution >= 0.6 is 0 Å². The van der Waals surface area contributed by atoms with Crippen LogP contribution in [0.25, 0.3) is 0 Å². The summed E-state index contributed by atoms with van der Waals surface area (Å²) in [6, 6.07) is 2.01. The Balaban J connectivity index is 1.93. The molecule has 0 aromatic carbocycles. The van der Waals surface area contributed by atoms with Gasteiger partial charge in [-0.15, -0.1) is 5.10 Å². The summed E-state index contributed by atoms with van der Waals surface area (Å²) in [5.74, 6) is 0. The van der Waals surface area contributed by atoms with Gasteiger partial charge in [0.15, 0.2) is 0 Å². The molecule has 0 amide bonds. The predicted molar refractivity (Wildman–Crippen MR) is 68.8 cm³/mol. The highest BCUT2D eigenvalue weighted by Crippen LogP contribution is 2.12. The highest BCUT2D eigenvalue weighted by atomic mass is 15.4. The Morgan fingerprint density at radius 2 is 2.28 bits per heavy atom. The maximum Gasteiger partial charge on any atom is 0.0994 e. The molecule has 2 aromatic heterocycles. The van der Waals surface area contributed by atoms with Crippen molar-refractivity contribution in [3.8, 4) is 0 Å². The fourth-order valence-corrected chi connectivity index (χ4v) is 1.93. The summed E-state index contributed by atoms with van der Waals surface area (Å²) in [5, 5.41) is 12.4. The average Bonchev–Trinajstić information content (AvgIpc) is 2.96. The zero-order valence-corrected chi connectivity index (χ0v) is 11.0. The first-order valence-electron chi connectivity index (χ1n) is 6.33. The number of hydrogen-bond acceptors (Lipinski definition) is 4. The molecule has 0 bridgehead atoms. The van der Waals surface area contributed by atoms with Crippen molar-refractivity contribution in [1.29, 1.82) is 0 Å². The molecule has 0 saturated heterocycles. The Labute approximate surface area is 107 Å². The molecule has 2 rings (SSSR count). The van der Waals surface area contributed by atoms with E-state index in [1.165, 1.54) is 5.69 Å². The Morgan fingerprint density at radius 1 is 1.44 bits per heavy atom. The van der Waals surface area contributed by atoms with Gasteiger partial charge in [0.25, 0.3) is 0 Å². The van der Waals surface area contributed by atoms with Crippen molar-refractivity contribution < 1.29 is 0 Å². The van der Waals surface area contributed by atoms with Crippen LogP contribution in [-0.4, -0.2) is 24.8 Å². The summed E-state index contributed by atoms with van der Waals surface area (Å²) in [6.07, 6.45) is 6.64. The Hall–Kier alpha value is -1.69. The van der Waals surface area contributed by atoms with Gasteiger partial charge in [0.05, 0.1) is 17.9 Å². The standard InChI is InChI=1S/C12H20N6/c1-3-4-11(13)12-9-18(16-15-12)8-6-10-5-7-14-17(10)2/h5,7,9,11H,3-4,6,8,13H2,1-2H3. The Bertz CT molecular complexity index is 486. The van der Waals surface area contributed by atoms with Gasteiger partial charge in [-0.3, -0.25) is 9.36 Å². The minimum Gasteiger partial charge on any atom is -0.323 e. The van der Waals surface area contributed by atoms with Crippen LogP contribution in [0.2, 0.25) is 0 Å². The molecule has 0 spiro atoms. The molecule has 0 fully saturated rings.